The fourth-order valence-electron chi connectivity index (χ4n) is 4.13. The van der Waals surface area contributed by atoms with E-state index in [0.29, 0.717) is 38.2 Å². The minimum Gasteiger partial charge on any atom is -0.496 e. The lowest BCUT2D eigenvalue weighted by molar-refractivity contribution is -0.187. The maximum absolute atomic E-state index is 13.1. The molecule has 3 rings (SSSR count). The van der Waals surface area contributed by atoms with Crippen molar-refractivity contribution in [1.82, 2.24) is 10.2 Å². The number of para-hydroxylation sites is 1. The van der Waals surface area contributed by atoms with E-state index in [9.17, 15) is 18.0 Å². The van der Waals surface area contributed by atoms with Gasteiger partial charge in [-0.05, 0) is 25.3 Å². The van der Waals surface area contributed by atoms with Gasteiger partial charge in [0.2, 0.25) is 5.91 Å². The number of hydrogen-bond donors (Lipinski definition) is 1. The molecule has 152 valence electrons. The highest BCUT2D eigenvalue weighted by Crippen LogP contribution is 2.41. The monoisotopic (exact) mass is 406 g/mol. The molecule has 0 bridgehead atoms. The maximum Gasteiger partial charge on any atom is 0.391 e. The molecule has 3 unspecified atom stereocenters. The molecule has 1 saturated heterocycles. The van der Waals surface area contributed by atoms with Gasteiger partial charge in [0.1, 0.15) is 5.75 Å². The highest BCUT2D eigenvalue weighted by atomic mass is 35.5. The summed E-state index contributed by atoms with van der Waals surface area (Å²) in [6.45, 7) is 1.71. The molecule has 1 N–H and O–H groups in total. The van der Waals surface area contributed by atoms with Crippen molar-refractivity contribution in [2.24, 2.45) is 11.8 Å². The van der Waals surface area contributed by atoms with Crippen LogP contribution in [0.1, 0.15) is 37.3 Å². The average Bonchev–Trinajstić information content (AvgIpc) is 2.67. The highest BCUT2D eigenvalue weighted by molar-refractivity contribution is 5.85. The van der Waals surface area contributed by atoms with Gasteiger partial charge in [0, 0.05) is 31.1 Å². The molecule has 0 radical (unpaired) electrons. The van der Waals surface area contributed by atoms with Crippen LogP contribution in [0.5, 0.6) is 5.75 Å². The van der Waals surface area contributed by atoms with Gasteiger partial charge in [0.15, 0.2) is 0 Å². The second-order valence-corrected chi connectivity index (χ2v) is 7.10. The smallest absolute Gasteiger partial charge is 0.391 e. The predicted octanol–water partition coefficient (Wildman–Crippen LogP) is 3.96. The summed E-state index contributed by atoms with van der Waals surface area (Å²) in [7, 11) is 1.58. The zero-order valence-corrected chi connectivity index (χ0v) is 16.1. The second-order valence-electron chi connectivity index (χ2n) is 7.10. The van der Waals surface area contributed by atoms with Crippen LogP contribution in [0, 0.1) is 11.8 Å². The van der Waals surface area contributed by atoms with E-state index >= 15 is 0 Å². The number of rotatable bonds is 3. The van der Waals surface area contributed by atoms with Gasteiger partial charge in [0.05, 0.1) is 19.1 Å². The van der Waals surface area contributed by atoms with Crippen LogP contribution >= 0.6 is 12.4 Å². The number of nitrogens with one attached hydrogen (secondary N) is 1. The zero-order chi connectivity index (χ0) is 18.7. The number of nitrogens with zero attached hydrogens (tertiary/aromatic N) is 1. The second kappa shape index (κ2) is 9.15. The van der Waals surface area contributed by atoms with Crippen molar-refractivity contribution < 1.29 is 22.7 Å². The third-order valence-electron chi connectivity index (χ3n) is 5.51. The molecule has 1 amide bonds. The van der Waals surface area contributed by atoms with Crippen molar-refractivity contribution in [3.05, 3.63) is 29.8 Å². The van der Waals surface area contributed by atoms with Crippen molar-refractivity contribution in [3.8, 4) is 5.75 Å². The molecule has 4 nitrogen and oxygen atoms in total. The highest BCUT2D eigenvalue weighted by Gasteiger charge is 2.45. The molecule has 27 heavy (non-hydrogen) atoms. The lowest BCUT2D eigenvalue weighted by atomic mass is 9.80. The number of piperazine rings is 1. The summed E-state index contributed by atoms with van der Waals surface area (Å²) in [6, 6.07) is 7.27. The Bertz CT molecular complexity index is 642. The summed E-state index contributed by atoms with van der Waals surface area (Å²) in [4.78, 5) is 14.8. The number of alkyl halides is 3. The van der Waals surface area contributed by atoms with Crippen LogP contribution in [0.3, 0.4) is 0 Å². The number of benzene rings is 1. The molecule has 1 heterocycles. The predicted molar refractivity (Wildman–Crippen MR) is 99.1 cm³/mol. The van der Waals surface area contributed by atoms with Crippen LogP contribution in [0.15, 0.2) is 24.3 Å². The molecule has 8 heteroatoms. The van der Waals surface area contributed by atoms with E-state index in [-0.39, 0.29) is 37.2 Å². The Morgan fingerprint density at radius 2 is 2.00 bits per heavy atom. The number of carbonyl (C=O) groups excluding carboxylic acids is 1. The van der Waals surface area contributed by atoms with Crippen LogP contribution < -0.4 is 10.1 Å². The SMILES string of the molecule is COc1ccccc1C1CNCCN1C(=O)C1CCCC(C(F)(F)F)C1.Cl. The minimum atomic E-state index is -4.22. The maximum atomic E-state index is 13.1. The topological polar surface area (TPSA) is 41.6 Å². The fraction of sp³-hybridized carbons (Fsp3) is 0.632. The standard InChI is InChI=1S/C19H25F3N2O2.ClH/c1-26-17-8-3-2-7-15(17)16-12-23-9-10-24(16)18(25)13-5-4-6-14(11-13)19(20,21)22;/h2-3,7-8,13-14,16,23H,4-6,9-12H2,1H3;1H. The van der Waals surface area contributed by atoms with Crippen molar-refractivity contribution >= 4 is 18.3 Å². The van der Waals surface area contributed by atoms with Crippen molar-refractivity contribution in [2.75, 3.05) is 26.7 Å². The summed E-state index contributed by atoms with van der Waals surface area (Å²) in [5.41, 5.74) is 0.888. The molecule has 1 saturated carbocycles. The van der Waals surface area contributed by atoms with E-state index < -0.39 is 18.0 Å². The molecule has 2 fully saturated rings. The Morgan fingerprint density at radius 3 is 2.70 bits per heavy atom. The molecule has 1 aromatic carbocycles. The molecule has 2 aliphatic rings. The molecule has 0 aromatic heterocycles. The van der Waals surface area contributed by atoms with Crippen LogP contribution in [0.2, 0.25) is 0 Å². The Balaban J connectivity index is 0.00000261. The number of hydrogen-bond acceptors (Lipinski definition) is 3. The van der Waals surface area contributed by atoms with E-state index in [1.165, 1.54) is 0 Å². The molecule has 0 spiro atoms. The van der Waals surface area contributed by atoms with Gasteiger partial charge in [-0.3, -0.25) is 4.79 Å². The van der Waals surface area contributed by atoms with Gasteiger partial charge in [0.25, 0.3) is 0 Å². The van der Waals surface area contributed by atoms with Crippen molar-refractivity contribution in [1.29, 1.82) is 0 Å². The Labute approximate surface area is 163 Å². The molecule has 1 aromatic rings. The first-order chi connectivity index (χ1) is 12.4. The molecule has 1 aliphatic carbocycles. The largest absolute Gasteiger partial charge is 0.496 e. The van der Waals surface area contributed by atoms with Gasteiger partial charge in [-0.25, -0.2) is 0 Å². The summed E-state index contributed by atoms with van der Waals surface area (Å²) < 4.78 is 44.7. The first kappa shape index (κ1) is 21.8. The van der Waals surface area contributed by atoms with Crippen LogP contribution in [-0.2, 0) is 4.79 Å². The third-order valence-corrected chi connectivity index (χ3v) is 5.51. The van der Waals surface area contributed by atoms with Crippen LogP contribution in [0.25, 0.3) is 0 Å². The number of carbonyl (C=O) groups is 1. The number of ether oxygens (including phenoxy) is 1. The van der Waals surface area contributed by atoms with Crippen molar-refractivity contribution in [2.45, 2.75) is 37.9 Å². The lowest BCUT2D eigenvalue weighted by Crippen LogP contribution is -2.51. The van der Waals surface area contributed by atoms with Crippen LogP contribution in [0.4, 0.5) is 13.2 Å². The number of halogens is 4. The van der Waals surface area contributed by atoms with E-state index in [1.807, 2.05) is 24.3 Å². The summed E-state index contributed by atoms with van der Waals surface area (Å²) in [6.07, 6.45) is -3.19. The van der Waals surface area contributed by atoms with E-state index in [0.717, 1.165) is 5.56 Å². The van der Waals surface area contributed by atoms with Gasteiger partial charge in [-0.1, -0.05) is 24.6 Å². The summed E-state index contributed by atoms with van der Waals surface area (Å²) >= 11 is 0. The lowest BCUT2D eigenvalue weighted by Gasteiger charge is -2.40. The quantitative estimate of drug-likeness (QED) is 0.826. The summed E-state index contributed by atoms with van der Waals surface area (Å²) in [5, 5.41) is 3.28. The van der Waals surface area contributed by atoms with Crippen LogP contribution in [-0.4, -0.2) is 43.7 Å². The molecular formula is C19H26ClF3N2O2. The average molecular weight is 407 g/mol. The Hall–Kier alpha value is -1.47. The van der Waals surface area contributed by atoms with Gasteiger partial charge >= 0.3 is 6.18 Å². The van der Waals surface area contributed by atoms with Gasteiger partial charge in [-0.2, -0.15) is 13.2 Å². The van der Waals surface area contributed by atoms with Crippen molar-refractivity contribution in [3.63, 3.8) is 0 Å². The van der Waals surface area contributed by atoms with Gasteiger partial charge < -0.3 is 15.0 Å². The first-order valence-corrected chi connectivity index (χ1v) is 9.12. The molecule has 1 aliphatic heterocycles. The summed E-state index contributed by atoms with van der Waals surface area (Å²) in [5.74, 6) is -1.38. The molecule has 3 atom stereocenters. The first-order valence-electron chi connectivity index (χ1n) is 9.12. The Kier molecular flexibility index (Phi) is 7.40. The number of amides is 1. The zero-order valence-electron chi connectivity index (χ0n) is 15.3. The normalized spacial score (nSPS) is 26.2. The van der Waals surface area contributed by atoms with E-state index in [4.69, 9.17) is 4.74 Å². The van der Waals surface area contributed by atoms with E-state index in [1.54, 1.807) is 12.0 Å². The van der Waals surface area contributed by atoms with Gasteiger partial charge in [-0.15, -0.1) is 12.4 Å². The number of methoxy groups -OCH3 is 1. The fourth-order valence-corrected chi connectivity index (χ4v) is 4.13. The Morgan fingerprint density at radius 1 is 1.26 bits per heavy atom. The molecular weight excluding hydrogens is 381 g/mol. The van der Waals surface area contributed by atoms with E-state index in [2.05, 4.69) is 5.32 Å². The minimum absolute atomic E-state index is 0. The third kappa shape index (κ3) is 4.88.